The number of imidazole rings is 1. The van der Waals surface area contributed by atoms with E-state index in [-0.39, 0.29) is 11.9 Å². The lowest BCUT2D eigenvalue weighted by atomic mass is 10.1. The van der Waals surface area contributed by atoms with Crippen LogP contribution in [0.5, 0.6) is 0 Å². The number of thiazole rings is 1. The van der Waals surface area contributed by atoms with Gasteiger partial charge in [0.25, 0.3) is 5.91 Å². The lowest BCUT2D eigenvalue weighted by Gasteiger charge is -2.14. The first-order valence-electron chi connectivity index (χ1n) is 10.1. The highest BCUT2D eigenvalue weighted by Gasteiger charge is 2.30. The normalized spacial score (nSPS) is 12.6. The Morgan fingerprint density at radius 2 is 1.94 bits per heavy atom. The number of halogens is 3. The molecule has 4 N–H and O–H groups in total. The van der Waals surface area contributed by atoms with Gasteiger partial charge in [0.2, 0.25) is 0 Å². The smallest absolute Gasteiger partial charge is 0.383 e. The van der Waals surface area contributed by atoms with Crippen LogP contribution in [0.2, 0.25) is 0 Å². The van der Waals surface area contributed by atoms with Crippen molar-refractivity contribution in [1.82, 2.24) is 19.7 Å². The van der Waals surface area contributed by atoms with Gasteiger partial charge in [-0.3, -0.25) is 9.20 Å². The first kappa shape index (κ1) is 22.6. The van der Waals surface area contributed by atoms with Crippen LogP contribution in [-0.4, -0.2) is 20.3 Å². The molecule has 0 aliphatic rings. The number of carbonyl (C=O) groups excluding carboxylic acids is 1. The summed E-state index contributed by atoms with van der Waals surface area (Å²) in [5.41, 5.74) is 7.74. The first-order chi connectivity index (χ1) is 15.7. The fourth-order valence-electron chi connectivity index (χ4n) is 3.35. The lowest BCUT2D eigenvalue weighted by Crippen LogP contribution is -2.27. The zero-order valence-electron chi connectivity index (χ0n) is 17.8. The van der Waals surface area contributed by atoms with Gasteiger partial charge in [0, 0.05) is 11.9 Å². The quantitative estimate of drug-likeness (QED) is 0.357. The number of carbonyl (C=O) groups is 1. The number of aromatic nitrogens is 3. The Morgan fingerprint density at radius 3 is 2.61 bits per heavy atom. The van der Waals surface area contributed by atoms with Crippen LogP contribution in [0.1, 0.15) is 46.4 Å². The van der Waals surface area contributed by atoms with Crippen LogP contribution in [0.15, 0.2) is 48.9 Å². The van der Waals surface area contributed by atoms with Gasteiger partial charge in [-0.15, -0.1) is 0 Å². The summed E-state index contributed by atoms with van der Waals surface area (Å²) >= 11 is 1.30. The van der Waals surface area contributed by atoms with Gasteiger partial charge in [0.15, 0.2) is 0 Å². The second kappa shape index (κ2) is 8.74. The van der Waals surface area contributed by atoms with Crippen molar-refractivity contribution in [2.24, 2.45) is 0 Å². The van der Waals surface area contributed by atoms with E-state index < -0.39 is 11.7 Å². The highest BCUT2D eigenvalue weighted by Crippen LogP contribution is 2.32. The Bertz CT molecular complexity index is 1300. The summed E-state index contributed by atoms with van der Waals surface area (Å²) in [5, 5.41) is 7.28. The van der Waals surface area contributed by atoms with E-state index in [4.69, 9.17) is 5.73 Å². The molecule has 11 heteroatoms. The molecule has 0 saturated carbocycles. The molecule has 0 fully saturated rings. The van der Waals surface area contributed by atoms with Crippen LogP contribution in [0.3, 0.4) is 0 Å². The Kier molecular flexibility index (Phi) is 5.98. The molecule has 172 valence electrons. The van der Waals surface area contributed by atoms with Crippen molar-refractivity contribution >= 4 is 39.4 Å². The van der Waals surface area contributed by atoms with Crippen LogP contribution >= 0.6 is 11.3 Å². The second-order valence-corrected chi connectivity index (χ2v) is 8.50. The number of fused-ring (bicyclic) bond motifs is 1. The largest absolute Gasteiger partial charge is 0.416 e. The Balaban J connectivity index is 1.46. The highest BCUT2D eigenvalue weighted by molar-refractivity contribution is 7.15. The molecule has 1 aromatic carbocycles. The Labute approximate surface area is 191 Å². The van der Waals surface area contributed by atoms with Crippen molar-refractivity contribution in [3.05, 3.63) is 70.6 Å². The van der Waals surface area contributed by atoms with Gasteiger partial charge in [-0.05, 0) is 49.2 Å². The maximum Gasteiger partial charge on any atom is 0.416 e. The fourth-order valence-corrected chi connectivity index (χ4v) is 4.19. The van der Waals surface area contributed by atoms with Crippen LogP contribution in [0.25, 0.3) is 5.65 Å². The van der Waals surface area contributed by atoms with Crippen LogP contribution in [0, 0.1) is 0 Å². The molecule has 0 aliphatic heterocycles. The number of nitrogen functional groups attached to an aromatic ring is 1. The SMILES string of the molecule is CCc1cc2ncc(N)n2cc1C(=O)NC(C)c1ncc(Nc2ccc(C(F)(F)F)cc2)s1. The number of pyridine rings is 1. The summed E-state index contributed by atoms with van der Waals surface area (Å²) < 4.78 is 39.8. The molecule has 7 nitrogen and oxygen atoms in total. The van der Waals surface area contributed by atoms with Crippen molar-refractivity contribution in [1.29, 1.82) is 0 Å². The van der Waals surface area contributed by atoms with E-state index in [9.17, 15) is 18.0 Å². The second-order valence-electron chi connectivity index (χ2n) is 7.44. The van der Waals surface area contributed by atoms with E-state index in [1.165, 1.54) is 23.5 Å². The van der Waals surface area contributed by atoms with E-state index in [1.54, 1.807) is 23.0 Å². The third kappa shape index (κ3) is 4.77. The van der Waals surface area contributed by atoms with Gasteiger partial charge in [0.05, 0.1) is 29.6 Å². The molecular weight excluding hydrogens is 453 g/mol. The van der Waals surface area contributed by atoms with Gasteiger partial charge in [-0.2, -0.15) is 13.2 Å². The van der Waals surface area contributed by atoms with E-state index in [1.807, 2.05) is 19.9 Å². The van der Waals surface area contributed by atoms with Gasteiger partial charge >= 0.3 is 6.18 Å². The third-order valence-electron chi connectivity index (χ3n) is 5.11. The van der Waals surface area contributed by atoms with Crippen molar-refractivity contribution in [2.45, 2.75) is 32.5 Å². The van der Waals surface area contributed by atoms with Crippen molar-refractivity contribution in [2.75, 3.05) is 11.1 Å². The lowest BCUT2D eigenvalue weighted by molar-refractivity contribution is -0.137. The number of hydrogen-bond acceptors (Lipinski definition) is 6. The molecule has 0 saturated heterocycles. The zero-order chi connectivity index (χ0) is 23.8. The standard InChI is InChI=1S/C22H21F3N6OS/c1-3-13-8-18-27-9-17(26)31(18)11-16(13)20(32)29-12(2)21-28-10-19(33-21)30-15-6-4-14(5-7-15)22(23,24)25/h4-12,30H,3,26H2,1-2H3,(H,29,32). The maximum atomic E-state index is 13.0. The van der Waals surface area contributed by atoms with Crippen molar-refractivity contribution < 1.29 is 18.0 Å². The molecule has 0 aliphatic carbocycles. The highest BCUT2D eigenvalue weighted by atomic mass is 32.1. The van der Waals surface area contributed by atoms with Crippen LogP contribution in [-0.2, 0) is 12.6 Å². The molecule has 0 bridgehead atoms. The number of rotatable bonds is 6. The molecule has 1 unspecified atom stereocenters. The van der Waals surface area contributed by atoms with E-state index in [0.29, 0.717) is 39.1 Å². The number of nitrogens with zero attached hydrogens (tertiary/aromatic N) is 3. The van der Waals surface area contributed by atoms with Crippen molar-refractivity contribution in [3.63, 3.8) is 0 Å². The fraction of sp³-hybridized carbons (Fsp3) is 0.227. The summed E-state index contributed by atoms with van der Waals surface area (Å²) in [6, 6.07) is 6.21. The van der Waals surface area contributed by atoms with Gasteiger partial charge < -0.3 is 16.4 Å². The molecule has 0 radical (unpaired) electrons. The predicted octanol–water partition coefficient (Wildman–Crippen LogP) is 5.19. The maximum absolute atomic E-state index is 13.0. The predicted molar refractivity (Wildman–Crippen MR) is 122 cm³/mol. The topological polar surface area (TPSA) is 97.3 Å². The van der Waals surface area contributed by atoms with Gasteiger partial charge in [-0.1, -0.05) is 18.3 Å². The van der Waals surface area contributed by atoms with Gasteiger partial charge in [-0.25, -0.2) is 9.97 Å². The minimum Gasteiger partial charge on any atom is -0.383 e. The van der Waals surface area contributed by atoms with Crippen molar-refractivity contribution in [3.8, 4) is 0 Å². The summed E-state index contributed by atoms with van der Waals surface area (Å²) in [5.74, 6) is 0.176. The summed E-state index contributed by atoms with van der Waals surface area (Å²) in [6.45, 7) is 3.77. The molecular formula is C22H21F3N6OS. The molecule has 3 aromatic heterocycles. The first-order valence-corrected chi connectivity index (χ1v) is 10.9. The Hall–Kier alpha value is -3.60. The molecule has 0 spiro atoms. The minimum atomic E-state index is -4.38. The summed E-state index contributed by atoms with van der Waals surface area (Å²) in [4.78, 5) is 21.5. The number of anilines is 3. The average molecular weight is 475 g/mol. The van der Waals surface area contributed by atoms with E-state index in [2.05, 4.69) is 20.6 Å². The molecule has 33 heavy (non-hydrogen) atoms. The van der Waals surface area contributed by atoms with E-state index >= 15 is 0 Å². The third-order valence-corrected chi connectivity index (χ3v) is 6.20. The van der Waals surface area contributed by atoms with Gasteiger partial charge in [0.1, 0.15) is 21.5 Å². The minimum absolute atomic E-state index is 0.262. The molecule has 1 amide bonds. The van der Waals surface area contributed by atoms with E-state index in [0.717, 1.165) is 17.7 Å². The van der Waals surface area contributed by atoms with Crippen LogP contribution < -0.4 is 16.4 Å². The summed E-state index contributed by atoms with van der Waals surface area (Å²) in [6.07, 6.45) is 1.07. The zero-order valence-corrected chi connectivity index (χ0v) is 18.6. The molecule has 4 aromatic rings. The number of amides is 1. The van der Waals surface area contributed by atoms with Crippen LogP contribution in [0.4, 0.5) is 29.7 Å². The molecule has 1 atom stereocenters. The Morgan fingerprint density at radius 1 is 1.21 bits per heavy atom. The number of nitrogens with two attached hydrogens (primary N) is 1. The number of nitrogens with one attached hydrogen (secondary N) is 2. The average Bonchev–Trinajstić information content (AvgIpc) is 3.39. The monoisotopic (exact) mass is 474 g/mol. The number of aryl methyl sites for hydroxylation is 1. The molecule has 3 heterocycles. The summed E-state index contributed by atoms with van der Waals surface area (Å²) in [7, 11) is 0. The molecule has 4 rings (SSSR count). The number of benzene rings is 1. The number of hydrogen-bond donors (Lipinski definition) is 3. The number of alkyl halides is 3.